The highest BCUT2D eigenvalue weighted by molar-refractivity contribution is 5.91. The van der Waals surface area contributed by atoms with E-state index < -0.39 is 12.2 Å². The maximum atomic E-state index is 13.8. The highest BCUT2D eigenvalue weighted by atomic mass is 16.7. The number of para-hydroxylation sites is 1. The van der Waals surface area contributed by atoms with Gasteiger partial charge in [0.1, 0.15) is 0 Å². The molecule has 10 heteroatoms. The number of rotatable bonds is 11. The monoisotopic (exact) mass is 574 g/mol. The third-order valence-electron chi connectivity index (χ3n) is 7.95. The van der Waals surface area contributed by atoms with Gasteiger partial charge in [0.15, 0.2) is 5.76 Å². The first-order valence-corrected chi connectivity index (χ1v) is 14.4. The van der Waals surface area contributed by atoms with Gasteiger partial charge in [-0.1, -0.05) is 42.5 Å². The molecule has 42 heavy (non-hydrogen) atoms. The molecule has 1 saturated heterocycles. The number of benzene rings is 2. The number of allylic oxidation sites excluding steroid dienone is 1. The highest BCUT2D eigenvalue weighted by Gasteiger charge is 2.33. The van der Waals surface area contributed by atoms with Crippen molar-refractivity contribution in [3.05, 3.63) is 99.2 Å². The van der Waals surface area contributed by atoms with Crippen LogP contribution in [0.3, 0.4) is 0 Å². The van der Waals surface area contributed by atoms with E-state index in [1.54, 1.807) is 10.8 Å². The SMILES string of the molecule is Cc1c([C@H]2C=C(C(=O)NCCCN3CCCC3=O)O[C@@H](OCc3ccc(CO)cc3)C2)c(=O)n(-c2ccccc2)n1C. The average Bonchev–Trinajstić information content (AvgIpc) is 3.52. The number of aliphatic hydroxyl groups excluding tert-OH is 1. The molecule has 0 saturated carbocycles. The van der Waals surface area contributed by atoms with Gasteiger partial charge in [-0.25, -0.2) is 4.68 Å². The van der Waals surface area contributed by atoms with Crippen molar-refractivity contribution in [2.24, 2.45) is 7.05 Å². The van der Waals surface area contributed by atoms with Crippen LogP contribution < -0.4 is 10.9 Å². The van der Waals surface area contributed by atoms with Crippen molar-refractivity contribution in [1.29, 1.82) is 0 Å². The van der Waals surface area contributed by atoms with Crippen LogP contribution in [-0.4, -0.2) is 57.1 Å². The van der Waals surface area contributed by atoms with Crippen molar-refractivity contribution in [2.75, 3.05) is 19.6 Å². The minimum absolute atomic E-state index is 0.0386. The van der Waals surface area contributed by atoms with Gasteiger partial charge in [-0.2, -0.15) is 0 Å². The van der Waals surface area contributed by atoms with E-state index in [0.717, 1.165) is 35.5 Å². The molecule has 0 spiro atoms. The summed E-state index contributed by atoms with van der Waals surface area (Å²) in [6.45, 7) is 3.86. The molecular formula is C32H38N4O6. The van der Waals surface area contributed by atoms with Gasteiger partial charge in [-0.15, -0.1) is 0 Å². The van der Waals surface area contributed by atoms with Gasteiger partial charge < -0.3 is 24.8 Å². The predicted molar refractivity (Wildman–Crippen MR) is 157 cm³/mol. The summed E-state index contributed by atoms with van der Waals surface area (Å²) in [4.78, 5) is 40.7. The van der Waals surface area contributed by atoms with E-state index >= 15 is 0 Å². The lowest BCUT2D eigenvalue weighted by molar-refractivity contribution is -0.150. The predicted octanol–water partition coefficient (Wildman–Crippen LogP) is 3.04. The summed E-state index contributed by atoms with van der Waals surface area (Å²) in [7, 11) is 1.85. The van der Waals surface area contributed by atoms with Gasteiger partial charge in [-0.05, 0) is 49.1 Å². The number of likely N-dealkylation sites (tertiary alicyclic amines) is 1. The van der Waals surface area contributed by atoms with Crippen molar-refractivity contribution in [3.8, 4) is 5.69 Å². The molecule has 2 aromatic carbocycles. The van der Waals surface area contributed by atoms with Crippen molar-refractivity contribution in [1.82, 2.24) is 19.6 Å². The Hall–Kier alpha value is -4.15. The number of hydrogen-bond acceptors (Lipinski definition) is 6. The van der Waals surface area contributed by atoms with Crippen LogP contribution >= 0.6 is 0 Å². The molecule has 2 amide bonds. The van der Waals surface area contributed by atoms with E-state index in [0.29, 0.717) is 37.9 Å². The van der Waals surface area contributed by atoms with Crippen molar-refractivity contribution in [2.45, 2.75) is 58.0 Å². The zero-order valence-corrected chi connectivity index (χ0v) is 24.1. The van der Waals surface area contributed by atoms with Crippen molar-refractivity contribution >= 4 is 11.8 Å². The molecular weight excluding hydrogens is 536 g/mol. The fourth-order valence-electron chi connectivity index (χ4n) is 5.57. The number of carbonyl (C=O) groups excluding carboxylic acids is 2. The van der Waals surface area contributed by atoms with E-state index in [-0.39, 0.29) is 36.3 Å². The van der Waals surface area contributed by atoms with E-state index in [2.05, 4.69) is 5.32 Å². The van der Waals surface area contributed by atoms with Gasteiger partial charge >= 0.3 is 0 Å². The Kier molecular flexibility index (Phi) is 9.24. The Morgan fingerprint density at radius 1 is 1.10 bits per heavy atom. The van der Waals surface area contributed by atoms with Gasteiger partial charge in [0.2, 0.25) is 12.2 Å². The Morgan fingerprint density at radius 3 is 2.52 bits per heavy atom. The average molecular weight is 575 g/mol. The smallest absolute Gasteiger partial charge is 0.286 e. The summed E-state index contributed by atoms with van der Waals surface area (Å²) in [5.41, 5.74) is 3.68. The normalized spacial score (nSPS) is 18.6. The molecule has 3 aromatic rings. The molecule has 0 radical (unpaired) electrons. The first kappa shape index (κ1) is 29.3. The fourth-order valence-corrected chi connectivity index (χ4v) is 5.57. The Bertz CT molecular complexity index is 1490. The van der Waals surface area contributed by atoms with Crippen LogP contribution in [0.2, 0.25) is 0 Å². The van der Waals surface area contributed by atoms with Crippen LogP contribution in [-0.2, 0) is 39.3 Å². The molecule has 5 rings (SSSR count). The first-order valence-electron chi connectivity index (χ1n) is 14.4. The number of aromatic nitrogens is 2. The summed E-state index contributed by atoms with van der Waals surface area (Å²) in [6, 6.07) is 16.8. The standard InChI is InChI=1S/C32H38N4O6/c1-22-30(32(40)36(34(22)2)26-8-4-3-5-9-26)25-18-27(31(39)33-15-7-17-35-16-6-10-28(35)38)42-29(19-25)41-21-24-13-11-23(20-37)12-14-24/h3-5,8-9,11-14,18,25,29,37H,6-7,10,15-17,19-21H2,1-2H3,(H,33,39)/t25-,29+/m0/s1. The third kappa shape index (κ3) is 6.50. The number of nitrogens with one attached hydrogen (secondary N) is 1. The Morgan fingerprint density at radius 2 is 1.83 bits per heavy atom. The van der Waals surface area contributed by atoms with Gasteiger partial charge in [0.25, 0.3) is 11.5 Å². The number of carbonyl (C=O) groups is 2. The van der Waals surface area contributed by atoms with Crippen LogP contribution in [0, 0.1) is 6.92 Å². The summed E-state index contributed by atoms with van der Waals surface area (Å²) in [5, 5.41) is 12.2. The molecule has 0 bridgehead atoms. The third-order valence-corrected chi connectivity index (χ3v) is 7.95. The van der Waals surface area contributed by atoms with Gasteiger partial charge in [-0.3, -0.25) is 19.1 Å². The number of nitrogens with zero attached hydrogens (tertiary/aromatic N) is 3. The number of aliphatic hydroxyl groups is 1. The second-order valence-electron chi connectivity index (χ2n) is 10.8. The van der Waals surface area contributed by atoms with E-state index in [9.17, 15) is 19.5 Å². The van der Waals surface area contributed by atoms with Crippen LogP contribution in [0.1, 0.15) is 54.0 Å². The molecule has 10 nitrogen and oxygen atoms in total. The Balaban J connectivity index is 1.35. The zero-order valence-electron chi connectivity index (χ0n) is 24.1. The summed E-state index contributed by atoms with van der Waals surface area (Å²) >= 11 is 0. The first-order chi connectivity index (χ1) is 20.4. The topological polar surface area (TPSA) is 115 Å². The second-order valence-corrected chi connectivity index (χ2v) is 10.8. The Labute approximate surface area is 245 Å². The lowest BCUT2D eigenvalue weighted by atomic mass is 9.93. The zero-order chi connectivity index (χ0) is 29.6. The van der Waals surface area contributed by atoms with Gasteiger partial charge in [0, 0.05) is 56.7 Å². The quantitative estimate of drug-likeness (QED) is 0.340. The van der Waals surface area contributed by atoms with Crippen molar-refractivity contribution in [3.63, 3.8) is 0 Å². The molecule has 3 heterocycles. The maximum Gasteiger partial charge on any atom is 0.286 e. The molecule has 1 aromatic heterocycles. The summed E-state index contributed by atoms with van der Waals surface area (Å²) in [5.74, 6) is -0.525. The van der Waals surface area contributed by atoms with Crippen molar-refractivity contribution < 1.29 is 24.2 Å². The molecule has 0 aliphatic carbocycles. The molecule has 1 fully saturated rings. The van der Waals surface area contributed by atoms with E-state index in [4.69, 9.17) is 9.47 Å². The van der Waals surface area contributed by atoms with Gasteiger partial charge in [0.05, 0.1) is 18.9 Å². The van der Waals surface area contributed by atoms with E-state index in [1.165, 1.54) is 0 Å². The van der Waals surface area contributed by atoms with E-state index in [1.807, 2.05) is 78.2 Å². The summed E-state index contributed by atoms with van der Waals surface area (Å²) in [6.07, 6.45) is 3.42. The fraction of sp³-hybridized carbons (Fsp3) is 0.406. The number of amides is 2. The highest BCUT2D eigenvalue weighted by Crippen LogP contribution is 2.32. The molecule has 2 N–H and O–H groups in total. The second kappa shape index (κ2) is 13.2. The largest absolute Gasteiger partial charge is 0.459 e. The van der Waals surface area contributed by atoms with Crippen LogP contribution in [0.15, 0.2) is 71.2 Å². The molecule has 2 aliphatic heterocycles. The number of hydrogen-bond donors (Lipinski definition) is 2. The number of ether oxygens (including phenoxy) is 2. The van der Waals surface area contributed by atoms with Crippen LogP contribution in [0.4, 0.5) is 0 Å². The molecule has 2 aliphatic rings. The minimum Gasteiger partial charge on any atom is -0.459 e. The maximum absolute atomic E-state index is 13.8. The molecule has 2 atom stereocenters. The van der Waals surface area contributed by atoms with Crippen LogP contribution in [0.5, 0.6) is 0 Å². The van der Waals surface area contributed by atoms with Crippen LogP contribution in [0.25, 0.3) is 5.69 Å². The summed E-state index contributed by atoms with van der Waals surface area (Å²) < 4.78 is 15.6. The lowest BCUT2D eigenvalue weighted by Crippen LogP contribution is -2.35. The molecule has 222 valence electrons. The minimum atomic E-state index is -0.760. The lowest BCUT2D eigenvalue weighted by Gasteiger charge is -2.29. The molecule has 0 unspecified atom stereocenters.